The second kappa shape index (κ2) is 4.35. The maximum atomic E-state index is 12.1. The number of nitrogens with zero attached hydrogens (tertiary/aromatic N) is 1. The van der Waals surface area contributed by atoms with Crippen LogP contribution in [0.4, 0.5) is 0 Å². The smallest absolute Gasteiger partial charge is 0.254 e. The average molecular weight is 218 g/mol. The first-order valence-electron chi connectivity index (χ1n) is 5.34. The van der Waals surface area contributed by atoms with Crippen LogP contribution in [0.3, 0.4) is 0 Å². The fraction of sp³-hybridized carbons (Fsp3) is 0.333. The summed E-state index contributed by atoms with van der Waals surface area (Å²) in [5.74, 6) is -0.168. The predicted molar refractivity (Wildman–Crippen MR) is 60.0 cm³/mol. The van der Waals surface area contributed by atoms with Gasteiger partial charge in [0.25, 0.3) is 5.91 Å². The number of rotatable bonds is 1. The second-order valence-corrected chi connectivity index (χ2v) is 3.83. The molecule has 1 N–H and O–H groups in total. The predicted octanol–water partition coefficient (Wildman–Crippen LogP) is 0.647. The summed E-state index contributed by atoms with van der Waals surface area (Å²) in [5.41, 5.74) is 0.629. The molecule has 0 spiro atoms. The van der Waals surface area contributed by atoms with Gasteiger partial charge in [0, 0.05) is 18.7 Å². The van der Waals surface area contributed by atoms with Crippen LogP contribution < -0.4 is 5.32 Å². The van der Waals surface area contributed by atoms with E-state index in [1.165, 1.54) is 0 Å². The summed E-state index contributed by atoms with van der Waals surface area (Å²) in [7, 11) is 0. The van der Waals surface area contributed by atoms with Gasteiger partial charge >= 0.3 is 0 Å². The zero-order valence-electron chi connectivity index (χ0n) is 9.14. The van der Waals surface area contributed by atoms with E-state index < -0.39 is 0 Å². The van der Waals surface area contributed by atoms with Crippen molar-refractivity contribution in [3.05, 3.63) is 35.9 Å². The molecule has 1 aromatic rings. The molecule has 84 valence electrons. The summed E-state index contributed by atoms with van der Waals surface area (Å²) < 4.78 is 0. The largest absolute Gasteiger partial charge is 0.353 e. The summed E-state index contributed by atoms with van der Waals surface area (Å²) in [6.07, 6.45) is 0. The third-order valence-corrected chi connectivity index (χ3v) is 2.78. The number of piperazine rings is 1. The monoisotopic (exact) mass is 218 g/mol. The van der Waals surface area contributed by atoms with Crippen LogP contribution in [-0.4, -0.2) is 35.8 Å². The van der Waals surface area contributed by atoms with Crippen molar-refractivity contribution >= 4 is 11.8 Å². The number of hydrogen-bond donors (Lipinski definition) is 1. The van der Waals surface area contributed by atoms with Crippen molar-refractivity contribution in [1.82, 2.24) is 10.2 Å². The quantitative estimate of drug-likeness (QED) is 0.752. The minimum absolute atomic E-state index is 0.0806. The van der Waals surface area contributed by atoms with Gasteiger partial charge < -0.3 is 10.2 Å². The van der Waals surface area contributed by atoms with Gasteiger partial charge in [-0.3, -0.25) is 9.59 Å². The molecule has 16 heavy (non-hydrogen) atoms. The fourth-order valence-corrected chi connectivity index (χ4v) is 1.81. The van der Waals surface area contributed by atoms with E-state index in [2.05, 4.69) is 5.32 Å². The Morgan fingerprint density at radius 2 is 2.06 bits per heavy atom. The summed E-state index contributed by atoms with van der Waals surface area (Å²) in [6, 6.07) is 8.65. The molecule has 1 aromatic carbocycles. The lowest BCUT2D eigenvalue weighted by molar-refractivity contribution is -0.127. The molecule has 0 aromatic heterocycles. The zero-order valence-corrected chi connectivity index (χ0v) is 9.14. The average Bonchev–Trinajstić information content (AvgIpc) is 2.33. The Labute approximate surface area is 94.2 Å². The highest BCUT2D eigenvalue weighted by molar-refractivity contribution is 5.98. The first kappa shape index (κ1) is 10.7. The summed E-state index contributed by atoms with van der Waals surface area (Å²) in [4.78, 5) is 25.1. The van der Waals surface area contributed by atoms with E-state index in [1.807, 2.05) is 18.2 Å². The molecule has 1 unspecified atom stereocenters. The van der Waals surface area contributed by atoms with Crippen LogP contribution >= 0.6 is 0 Å². The van der Waals surface area contributed by atoms with Crippen LogP contribution in [0, 0.1) is 0 Å². The number of carbonyl (C=O) groups is 2. The van der Waals surface area contributed by atoms with Crippen molar-refractivity contribution in [3.63, 3.8) is 0 Å². The van der Waals surface area contributed by atoms with Crippen LogP contribution in [0.1, 0.15) is 17.3 Å². The van der Waals surface area contributed by atoms with Crippen molar-refractivity contribution in [2.24, 2.45) is 0 Å². The van der Waals surface area contributed by atoms with Crippen LogP contribution in [0.2, 0.25) is 0 Å². The fourth-order valence-electron chi connectivity index (χ4n) is 1.81. The van der Waals surface area contributed by atoms with Crippen LogP contribution in [-0.2, 0) is 4.79 Å². The van der Waals surface area contributed by atoms with Crippen LogP contribution in [0.15, 0.2) is 30.3 Å². The van der Waals surface area contributed by atoms with Gasteiger partial charge in [0.1, 0.15) is 6.04 Å². The molecule has 0 aliphatic carbocycles. The minimum Gasteiger partial charge on any atom is -0.353 e. The van der Waals surface area contributed by atoms with Gasteiger partial charge in [0.05, 0.1) is 0 Å². The number of amides is 2. The van der Waals surface area contributed by atoms with Crippen LogP contribution in [0.5, 0.6) is 0 Å². The lowest BCUT2D eigenvalue weighted by Gasteiger charge is -2.32. The number of benzene rings is 1. The van der Waals surface area contributed by atoms with Gasteiger partial charge in [-0.05, 0) is 19.1 Å². The minimum atomic E-state index is -0.388. The van der Waals surface area contributed by atoms with Crippen molar-refractivity contribution in [2.75, 3.05) is 13.1 Å². The van der Waals surface area contributed by atoms with Gasteiger partial charge in [-0.1, -0.05) is 18.2 Å². The van der Waals surface area contributed by atoms with E-state index in [0.717, 1.165) is 0 Å². The highest BCUT2D eigenvalue weighted by Crippen LogP contribution is 2.10. The highest BCUT2D eigenvalue weighted by Gasteiger charge is 2.29. The van der Waals surface area contributed by atoms with Crippen molar-refractivity contribution < 1.29 is 9.59 Å². The molecule has 1 saturated heterocycles. The topological polar surface area (TPSA) is 49.4 Å². The van der Waals surface area contributed by atoms with Gasteiger partial charge in [-0.25, -0.2) is 0 Å². The number of nitrogens with one attached hydrogen (secondary N) is 1. The molecule has 0 bridgehead atoms. The van der Waals surface area contributed by atoms with Gasteiger partial charge in [0.15, 0.2) is 0 Å². The maximum absolute atomic E-state index is 12.1. The summed E-state index contributed by atoms with van der Waals surface area (Å²) in [6.45, 7) is 2.84. The number of carbonyl (C=O) groups excluding carboxylic acids is 2. The molecule has 4 heteroatoms. The summed E-state index contributed by atoms with van der Waals surface area (Å²) >= 11 is 0. The Hall–Kier alpha value is -1.84. The van der Waals surface area contributed by atoms with Crippen molar-refractivity contribution in [1.29, 1.82) is 0 Å². The Balaban J connectivity index is 2.19. The van der Waals surface area contributed by atoms with E-state index in [4.69, 9.17) is 0 Å². The zero-order chi connectivity index (χ0) is 11.5. The molecular weight excluding hydrogens is 204 g/mol. The van der Waals surface area contributed by atoms with E-state index in [9.17, 15) is 9.59 Å². The van der Waals surface area contributed by atoms with Gasteiger partial charge in [-0.15, -0.1) is 0 Å². The maximum Gasteiger partial charge on any atom is 0.254 e. The van der Waals surface area contributed by atoms with E-state index in [0.29, 0.717) is 18.7 Å². The molecule has 1 fully saturated rings. The molecule has 1 aliphatic rings. The molecule has 0 radical (unpaired) electrons. The van der Waals surface area contributed by atoms with Crippen molar-refractivity contribution in [2.45, 2.75) is 13.0 Å². The molecule has 1 heterocycles. The highest BCUT2D eigenvalue weighted by atomic mass is 16.2. The summed E-state index contributed by atoms with van der Waals surface area (Å²) in [5, 5.41) is 2.74. The third kappa shape index (κ3) is 1.91. The Bertz CT molecular complexity index is 403. The number of hydrogen-bond acceptors (Lipinski definition) is 2. The first-order valence-corrected chi connectivity index (χ1v) is 5.34. The van der Waals surface area contributed by atoms with E-state index >= 15 is 0 Å². The van der Waals surface area contributed by atoms with Crippen LogP contribution in [0.25, 0.3) is 0 Å². The second-order valence-electron chi connectivity index (χ2n) is 3.83. The molecule has 4 nitrogen and oxygen atoms in total. The molecule has 1 aliphatic heterocycles. The normalized spacial score (nSPS) is 20.4. The van der Waals surface area contributed by atoms with E-state index in [1.54, 1.807) is 24.0 Å². The molecular formula is C12H14N2O2. The Kier molecular flexibility index (Phi) is 2.90. The van der Waals surface area contributed by atoms with Gasteiger partial charge in [0.2, 0.25) is 5.91 Å². The van der Waals surface area contributed by atoms with Gasteiger partial charge in [-0.2, -0.15) is 0 Å². The first-order chi connectivity index (χ1) is 7.70. The lowest BCUT2D eigenvalue weighted by atomic mass is 10.1. The Morgan fingerprint density at radius 1 is 1.38 bits per heavy atom. The molecule has 0 saturated carbocycles. The van der Waals surface area contributed by atoms with E-state index in [-0.39, 0.29) is 17.9 Å². The third-order valence-electron chi connectivity index (χ3n) is 2.78. The SMILES string of the molecule is CC1C(=O)NCCN1C(=O)c1ccccc1. The molecule has 2 amide bonds. The standard InChI is InChI=1S/C12H14N2O2/c1-9-11(15)13-7-8-14(9)12(16)10-5-3-2-4-6-10/h2-6,9H,7-8H2,1H3,(H,13,15). The molecule has 1 atom stereocenters. The molecule has 2 rings (SSSR count). The lowest BCUT2D eigenvalue weighted by Crippen LogP contribution is -2.55. The Morgan fingerprint density at radius 3 is 2.75 bits per heavy atom. The van der Waals surface area contributed by atoms with Crippen molar-refractivity contribution in [3.8, 4) is 0 Å².